The van der Waals surface area contributed by atoms with Gasteiger partial charge in [-0.25, -0.2) is 0 Å². The molecule has 0 N–H and O–H groups in total. The highest BCUT2D eigenvalue weighted by Crippen LogP contribution is 2.60. The first kappa shape index (κ1) is 14.5. The summed E-state index contributed by atoms with van der Waals surface area (Å²) in [4.78, 5) is 4.42. The largest absolute Gasteiger partial charge is 0.354 e. The van der Waals surface area contributed by atoms with E-state index in [1.54, 1.807) is 10.4 Å². The molecule has 1 aliphatic heterocycles. The summed E-state index contributed by atoms with van der Waals surface area (Å²) in [6.07, 6.45) is 5.29. The molecular weight excluding hydrogens is 310 g/mol. The molecule has 122 valence electrons. The minimum atomic E-state index is 0.227. The molecule has 0 saturated heterocycles. The number of benzene rings is 2. The smallest absolute Gasteiger partial charge is 0.0756 e. The number of aryl methyl sites for hydroxylation is 1. The second-order valence-corrected chi connectivity index (χ2v) is 8.46. The van der Waals surface area contributed by atoms with Crippen molar-refractivity contribution in [1.29, 1.82) is 0 Å². The Morgan fingerprint density at radius 2 is 1.71 bits per heavy atom. The predicted octanol–water partition coefficient (Wildman–Crippen LogP) is 6.56. The van der Waals surface area contributed by atoms with Gasteiger partial charge in [-0.05, 0) is 55.3 Å². The van der Waals surface area contributed by atoms with Crippen molar-refractivity contribution in [2.45, 2.75) is 51.1 Å². The normalized spacial score (nSPS) is 21.8. The van der Waals surface area contributed by atoms with Gasteiger partial charge in [-0.3, -0.25) is 0 Å². The van der Waals surface area contributed by atoms with E-state index in [0.29, 0.717) is 6.04 Å². The van der Waals surface area contributed by atoms with Crippen molar-refractivity contribution in [2.24, 2.45) is 0 Å². The highest BCUT2D eigenvalue weighted by atomic mass is 32.1. The van der Waals surface area contributed by atoms with E-state index in [9.17, 15) is 0 Å². The number of anilines is 1. The van der Waals surface area contributed by atoms with Gasteiger partial charge in [-0.15, -0.1) is 11.3 Å². The zero-order valence-electron chi connectivity index (χ0n) is 14.4. The van der Waals surface area contributed by atoms with Crippen molar-refractivity contribution < 1.29 is 0 Å². The average molecular weight is 334 g/mol. The summed E-state index contributed by atoms with van der Waals surface area (Å²) >= 11 is 2.05. The van der Waals surface area contributed by atoms with Gasteiger partial charge in [0.05, 0.1) is 11.6 Å². The van der Waals surface area contributed by atoms with Gasteiger partial charge in [0.2, 0.25) is 0 Å². The third-order valence-corrected chi connectivity index (χ3v) is 7.51. The van der Waals surface area contributed by atoms with Crippen LogP contribution < -0.4 is 4.90 Å². The molecule has 24 heavy (non-hydrogen) atoms. The first-order valence-corrected chi connectivity index (χ1v) is 9.91. The first-order valence-electron chi connectivity index (χ1n) is 9.09. The average Bonchev–Trinajstić information content (AvgIpc) is 3.26. The summed E-state index contributed by atoms with van der Waals surface area (Å²) in [6.45, 7) is 4.67. The molecule has 1 aliphatic carbocycles. The van der Waals surface area contributed by atoms with Crippen molar-refractivity contribution in [2.75, 3.05) is 4.90 Å². The molecule has 0 radical (unpaired) electrons. The number of fused-ring (bicyclic) bond motifs is 4. The number of hydrogen-bond acceptors (Lipinski definition) is 2. The topological polar surface area (TPSA) is 3.24 Å². The molecule has 1 saturated carbocycles. The van der Waals surface area contributed by atoms with Crippen molar-refractivity contribution in [1.82, 2.24) is 0 Å². The summed E-state index contributed by atoms with van der Waals surface area (Å²) in [6, 6.07) is 18.4. The Bertz CT molecular complexity index is 917. The van der Waals surface area contributed by atoms with Crippen molar-refractivity contribution >= 4 is 27.1 Å². The third-order valence-electron chi connectivity index (χ3n) is 6.13. The first-order chi connectivity index (χ1) is 11.7. The van der Waals surface area contributed by atoms with E-state index in [4.69, 9.17) is 0 Å². The SMILES string of the molecule is Cc1ccccc1N1[C@@H](C)c2c(sc3ccccc23)C12CCCC2. The van der Waals surface area contributed by atoms with Gasteiger partial charge < -0.3 is 4.90 Å². The molecule has 1 aromatic heterocycles. The van der Waals surface area contributed by atoms with E-state index in [2.05, 4.69) is 67.3 Å². The lowest BCUT2D eigenvalue weighted by Crippen LogP contribution is -2.40. The quantitative estimate of drug-likeness (QED) is 0.487. The number of thiophene rings is 1. The van der Waals surface area contributed by atoms with Crippen LogP contribution in [0.25, 0.3) is 10.1 Å². The maximum absolute atomic E-state index is 2.77. The number of nitrogens with zero attached hydrogens (tertiary/aromatic N) is 1. The zero-order chi connectivity index (χ0) is 16.3. The van der Waals surface area contributed by atoms with Gasteiger partial charge in [-0.1, -0.05) is 49.2 Å². The van der Waals surface area contributed by atoms with Gasteiger partial charge in [0.25, 0.3) is 0 Å². The number of hydrogen-bond donors (Lipinski definition) is 0. The number of para-hydroxylation sites is 1. The van der Waals surface area contributed by atoms with Crippen LogP contribution in [0.4, 0.5) is 5.69 Å². The molecule has 0 unspecified atom stereocenters. The second-order valence-electron chi connectivity index (χ2n) is 7.41. The molecule has 2 aromatic carbocycles. The van der Waals surface area contributed by atoms with Crippen LogP contribution in [0, 0.1) is 6.92 Å². The molecule has 3 aromatic rings. The van der Waals surface area contributed by atoms with E-state index in [1.165, 1.54) is 47.0 Å². The molecular formula is C22H23NS. The third kappa shape index (κ3) is 1.75. The van der Waals surface area contributed by atoms with Crippen LogP contribution in [0.3, 0.4) is 0 Å². The lowest BCUT2D eigenvalue weighted by atomic mass is 9.94. The zero-order valence-corrected chi connectivity index (χ0v) is 15.2. The molecule has 5 rings (SSSR count). The maximum Gasteiger partial charge on any atom is 0.0756 e. The van der Waals surface area contributed by atoms with Gasteiger partial charge in [-0.2, -0.15) is 0 Å². The van der Waals surface area contributed by atoms with E-state index in [0.717, 1.165) is 0 Å². The Morgan fingerprint density at radius 1 is 1.00 bits per heavy atom. The van der Waals surface area contributed by atoms with Crippen LogP contribution >= 0.6 is 11.3 Å². The fourth-order valence-electron chi connectivity index (χ4n) is 5.14. The molecule has 2 heteroatoms. The molecule has 2 aliphatic rings. The Hall–Kier alpha value is -1.80. The summed E-state index contributed by atoms with van der Waals surface area (Å²) in [5.41, 5.74) is 4.65. The van der Waals surface area contributed by atoms with Crippen molar-refractivity contribution in [3.63, 3.8) is 0 Å². The van der Waals surface area contributed by atoms with Gasteiger partial charge in [0, 0.05) is 15.3 Å². The fourth-order valence-corrected chi connectivity index (χ4v) is 6.67. The minimum Gasteiger partial charge on any atom is -0.354 e. The standard InChI is InChI=1S/C22H23NS/c1-15-9-3-5-11-18(15)23-16(2)20-17-10-4-6-12-19(17)24-21(20)22(23)13-7-8-14-22/h3-6,9-12,16H,7-8,13-14H2,1-2H3/t16-/m0/s1. The Kier molecular flexibility index (Phi) is 3.09. The van der Waals surface area contributed by atoms with Gasteiger partial charge in [0.1, 0.15) is 0 Å². The Labute approximate surface area is 147 Å². The lowest BCUT2D eigenvalue weighted by Gasteiger charge is -2.41. The molecule has 1 fully saturated rings. The van der Waals surface area contributed by atoms with Crippen LogP contribution in [0.5, 0.6) is 0 Å². The van der Waals surface area contributed by atoms with Crippen LogP contribution in [0.1, 0.15) is 54.7 Å². The molecule has 1 atom stereocenters. The lowest BCUT2D eigenvalue weighted by molar-refractivity contribution is 0.421. The number of rotatable bonds is 1. The van der Waals surface area contributed by atoms with E-state index >= 15 is 0 Å². The summed E-state index contributed by atoms with van der Waals surface area (Å²) in [5, 5.41) is 1.48. The van der Waals surface area contributed by atoms with Crippen LogP contribution in [-0.2, 0) is 5.54 Å². The molecule has 0 amide bonds. The molecule has 1 spiro atoms. The highest BCUT2D eigenvalue weighted by Gasteiger charge is 2.52. The molecule has 0 bridgehead atoms. The van der Waals surface area contributed by atoms with Crippen LogP contribution in [-0.4, -0.2) is 0 Å². The Balaban J connectivity index is 1.79. The van der Waals surface area contributed by atoms with E-state index < -0.39 is 0 Å². The monoisotopic (exact) mass is 333 g/mol. The molecule has 1 nitrogen and oxygen atoms in total. The van der Waals surface area contributed by atoms with Crippen LogP contribution in [0.15, 0.2) is 48.5 Å². The fraction of sp³-hybridized carbons (Fsp3) is 0.364. The highest BCUT2D eigenvalue weighted by molar-refractivity contribution is 7.19. The summed E-state index contributed by atoms with van der Waals surface area (Å²) in [7, 11) is 0. The summed E-state index contributed by atoms with van der Waals surface area (Å²) < 4.78 is 1.46. The van der Waals surface area contributed by atoms with E-state index in [-0.39, 0.29) is 5.54 Å². The maximum atomic E-state index is 2.77. The minimum absolute atomic E-state index is 0.227. The second kappa shape index (κ2) is 5.10. The molecule has 2 heterocycles. The van der Waals surface area contributed by atoms with Crippen molar-refractivity contribution in [3.8, 4) is 0 Å². The van der Waals surface area contributed by atoms with Crippen LogP contribution in [0.2, 0.25) is 0 Å². The van der Waals surface area contributed by atoms with Gasteiger partial charge in [0.15, 0.2) is 0 Å². The summed E-state index contributed by atoms with van der Waals surface area (Å²) in [5.74, 6) is 0. The van der Waals surface area contributed by atoms with E-state index in [1.807, 2.05) is 11.3 Å². The van der Waals surface area contributed by atoms with Crippen molar-refractivity contribution in [3.05, 3.63) is 64.5 Å². The predicted molar refractivity (Wildman–Crippen MR) is 104 cm³/mol. The Morgan fingerprint density at radius 3 is 2.50 bits per heavy atom. The van der Waals surface area contributed by atoms with Gasteiger partial charge >= 0.3 is 0 Å².